The molecule has 2 amide bonds. The molecule has 9 heteroatoms. The van der Waals surface area contributed by atoms with Crippen molar-refractivity contribution in [1.82, 2.24) is 14.1 Å². The zero-order chi connectivity index (χ0) is 19.8. The van der Waals surface area contributed by atoms with Gasteiger partial charge in [-0.1, -0.05) is 0 Å². The first-order valence-corrected chi connectivity index (χ1v) is 11.7. The van der Waals surface area contributed by atoms with Crippen LogP contribution in [0.5, 0.6) is 0 Å². The van der Waals surface area contributed by atoms with Gasteiger partial charge in [-0.3, -0.25) is 4.79 Å². The molecule has 0 aromatic carbocycles. The number of ether oxygens (including phenoxy) is 1. The van der Waals surface area contributed by atoms with Crippen LogP contribution in [-0.2, 0) is 19.6 Å². The molecule has 2 atom stereocenters. The average molecular weight is 402 g/mol. The van der Waals surface area contributed by atoms with Gasteiger partial charge in [0.2, 0.25) is 15.9 Å². The van der Waals surface area contributed by atoms with E-state index in [-0.39, 0.29) is 36.0 Å². The Balaban J connectivity index is 1.55. The number of carbonyl (C=O) groups is 2. The molecule has 0 saturated carbocycles. The van der Waals surface area contributed by atoms with Crippen molar-refractivity contribution in [3.05, 3.63) is 0 Å². The maximum absolute atomic E-state index is 13.0. The molecule has 0 spiro atoms. The molecule has 0 aliphatic carbocycles. The third kappa shape index (κ3) is 4.56. The SMILES string of the molecule is CC(C)OC(=O)N1CCC(N2CCC3CN(S(C)(=O)=O)CCC3C2=O)CC1. The minimum Gasteiger partial charge on any atom is -0.447 e. The lowest BCUT2D eigenvalue weighted by Crippen LogP contribution is -2.57. The summed E-state index contributed by atoms with van der Waals surface area (Å²) in [5.74, 6) is 0.224. The number of likely N-dealkylation sites (tertiary alicyclic amines) is 2. The maximum Gasteiger partial charge on any atom is 0.410 e. The number of amides is 2. The van der Waals surface area contributed by atoms with Crippen molar-refractivity contribution in [2.75, 3.05) is 39.0 Å². The molecule has 3 saturated heterocycles. The summed E-state index contributed by atoms with van der Waals surface area (Å²) >= 11 is 0. The van der Waals surface area contributed by atoms with Crippen LogP contribution in [0.15, 0.2) is 0 Å². The minimum atomic E-state index is -3.19. The van der Waals surface area contributed by atoms with Crippen LogP contribution in [0, 0.1) is 11.8 Å². The van der Waals surface area contributed by atoms with E-state index in [1.165, 1.54) is 10.6 Å². The highest BCUT2D eigenvalue weighted by atomic mass is 32.2. The van der Waals surface area contributed by atoms with E-state index in [4.69, 9.17) is 4.74 Å². The Kier molecular flexibility index (Phi) is 6.00. The minimum absolute atomic E-state index is 0.0688. The van der Waals surface area contributed by atoms with Crippen LogP contribution < -0.4 is 0 Å². The fourth-order valence-corrected chi connectivity index (χ4v) is 5.44. The van der Waals surface area contributed by atoms with Crippen molar-refractivity contribution < 1.29 is 22.7 Å². The lowest BCUT2D eigenvalue weighted by molar-refractivity contribution is -0.147. The Morgan fingerprint density at radius 2 is 1.74 bits per heavy atom. The van der Waals surface area contributed by atoms with E-state index in [9.17, 15) is 18.0 Å². The molecule has 3 heterocycles. The second-order valence-electron chi connectivity index (χ2n) is 8.25. The van der Waals surface area contributed by atoms with Gasteiger partial charge >= 0.3 is 6.09 Å². The predicted octanol–water partition coefficient (Wildman–Crippen LogP) is 1.13. The van der Waals surface area contributed by atoms with Gasteiger partial charge in [0.15, 0.2) is 0 Å². The summed E-state index contributed by atoms with van der Waals surface area (Å²) < 4.78 is 30.4. The second kappa shape index (κ2) is 7.95. The van der Waals surface area contributed by atoms with Crippen LogP contribution in [0.2, 0.25) is 0 Å². The normalized spacial score (nSPS) is 28.4. The largest absolute Gasteiger partial charge is 0.447 e. The predicted molar refractivity (Wildman–Crippen MR) is 101 cm³/mol. The van der Waals surface area contributed by atoms with Gasteiger partial charge in [-0.2, -0.15) is 0 Å². The number of sulfonamides is 1. The maximum atomic E-state index is 13.0. The number of carbonyl (C=O) groups excluding carboxylic acids is 2. The van der Waals surface area contributed by atoms with Gasteiger partial charge in [-0.25, -0.2) is 17.5 Å². The number of nitrogens with zero attached hydrogens (tertiary/aromatic N) is 3. The topological polar surface area (TPSA) is 87.2 Å². The Bertz CT molecular complexity index is 672. The van der Waals surface area contributed by atoms with Crippen LogP contribution in [0.4, 0.5) is 4.79 Å². The fraction of sp³-hybridized carbons (Fsp3) is 0.889. The van der Waals surface area contributed by atoms with Crippen molar-refractivity contribution in [3.8, 4) is 0 Å². The number of piperidine rings is 3. The van der Waals surface area contributed by atoms with Crippen molar-refractivity contribution >= 4 is 22.0 Å². The zero-order valence-electron chi connectivity index (χ0n) is 16.5. The molecule has 3 fully saturated rings. The van der Waals surface area contributed by atoms with Gasteiger partial charge in [0.25, 0.3) is 0 Å². The number of hydrogen-bond acceptors (Lipinski definition) is 5. The van der Waals surface area contributed by atoms with Gasteiger partial charge < -0.3 is 14.5 Å². The second-order valence-corrected chi connectivity index (χ2v) is 10.2. The molecule has 0 radical (unpaired) electrons. The molecule has 8 nitrogen and oxygen atoms in total. The number of hydrogen-bond donors (Lipinski definition) is 0. The molecule has 0 bridgehead atoms. The molecule has 3 aliphatic rings. The summed E-state index contributed by atoms with van der Waals surface area (Å²) in [6.07, 6.45) is 3.82. The molecule has 27 heavy (non-hydrogen) atoms. The Labute approximate surface area is 161 Å². The van der Waals surface area contributed by atoms with Gasteiger partial charge in [-0.15, -0.1) is 0 Å². The third-order valence-electron chi connectivity index (χ3n) is 6.01. The fourth-order valence-electron chi connectivity index (χ4n) is 4.54. The third-order valence-corrected chi connectivity index (χ3v) is 7.28. The van der Waals surface area contributed by atoms with E-state index in [0.29, 0.717) is 39.1 Å². The standard InChI is InChI=1S/C18H31N3O5S/c1-13(2)26-18(23)19-8-5-15(6-9-19)21-11-4-14-12-20(27(3,24)25)10-7-16(14)17(21)22/h13-16H,4-12H2,1-3H3. The molecule has 3 aliphatic heterocycles. The van der Waals surface area contributed by atoms with E-state index in [1.54, 1.807) is 4.90 Å². The van der Waals surface area contributed by atoms with Gasteiger partial charge in [0, 0.05) is 44.7 Å². The van der Waals surface area contributed by atoms with E-state index in [0.717, 1.165) is 19.3 Å². The Morgan fingerprint density at radius 1 is 1.07 bits per heavy atom. The number of fused-ring (bicyclic) bond motifs is 1. The quantitative estimate of drug-likeness (QED) is 0.707. The zero-order valence-corrected chi connectivity index (χ0v) is 17.3. The molecule has 0 aromatic heterocycles. The lowest BCUT2D eigenvalue weighted by Gasteiger charge is -2.47. The van der Waals surface area contributed by atoms with Gasteiger partial charge in [0.05, 0.1) is 12.4 Å². The summed E-state index contributed by atoms with van der Waals surface area (Å²) in [7, 11) is -3.19. The van der Waals surface area contributed by atoms with Crippen LogP contribution in [0.25, 0.3) is 0 Å². The lowest BCUT2D eigenvalue weighted by atomic mass is 9.79. The van der Waals surface area contributed by atoms with Crippen LogP contribution in [0.3, 0.4) is 0 Å². The molecule has 2 unspecified atom stereocenters. The first-order valence-electron chi connectivity index (χ1n) is 9.88. The Hall–Kier alpha value is -1.35. The molecular weight excluding hydrogens is 370 g/mol. The van der Waals surface area contributed by atoms with Gasteiger partial charge in [0.1, 0.15) is 0 Å². The van der Waals surface area contributed by atoms with E-state index < -0.39 is 10.0 Å². The average Bonchev–Trinajstić information content (AvgIpc) is 2.60. The summed E-state index contributed by atoms with van der Waals surface area (Å²) in [4.78, 5) is 28.8. The molecule has 0 aromatic rings. The van der Waals surface area contributed by atoms with Crippen molar-refractivity contribution in [2.24, 2.45) is 11.8 Å². The van der Waals surface area contributed by atoms with Gasteiger partial charge in [-0.05, 0) is 45.4 Å². The highest BCUT2D eigenvalue weighted by molar-refractivity contribution is 7.88. The van der Waals surface area contributed by atoms with Crippen LogP contribution in [-0.4, -0.2) is 85.6 Å². The van der Waals surface area contributed by atoms with E-state index in [2.05, 4.69) is 0 Å². The molecule has 0 N–H and O–H groups in total. The van der Waals surface area contributed by atoms with Crippen molar-refractivity contribution in [3.63, 3.8) is 0 Å². The summed E-state index contributed by atoms with van der Waals surface area (Å²) in [5.41, 5.74) is 0. The van der Waals surface area contributed by atoms with Crippen molar-refractivity contribution in [1.29, 1.82) is 0 Å². The highest BCUT2D eigenvalue weighted by Gasteiger charge is 2.44. The first kappa shape index (κ1) is 20.4. The smallest absolute Gasteiger partial charge is 0.410 e. The van der Waals surface area contributed by atoms with E-state index >= 15 is 0 Å². The highest BCUT2D eigenvalue weighted by Crippen LogP contribution is 2.35. The monoisotopic (exact) mass is 401 g/mol. The molecule has 154 valence electrons. The Morgan fingerprint density at radius 3 is 2.33 bits per heavy atom. The summed E-state index contributed by atoms with van der Waals surface area (Å²) in [6, 6.07) is 0.162. The summed E-state index contributed by atoms with van der Waals surface area (Å²) in [5, 5.41) is 0. The first-order chi connectivity index (χ1) is 12.7. The van der Waals surface area contributed by atoms with Crippen LogP contribution >= 0.6 is 0 Å². The van der Waals surface area contributed by atoms with E-state index in [1.807, 2.05) is 18.7 Å². The number of rotatable bonds is 3. The van der Waals surface area contributed by atoms with Crippen LogP contribution in [0.1, 0.15) is 39.5 Å². The summed E-state index contributed by atoms with van der Waals surface area (Å²) in [6.45, 7) is 6.46. The molecule has 3 rings (SSSR count). The van der Waals surface area contributed by atoms with Crippen molar-refractivity contribution in [2.45, 2.75) is 51.7 Å². The molecular formula is C18H31N3O5S.